The molecule has 19 heavy (non-hydrogen) atoms. The molecule has 2 rings (SSSR count). The summed E-state index contributed by atoms with van der Waals surface area (Å²) in [7, 11) is 0. The van der Waals surface area contributed by atoms with Crippen molar-refractivity contribution in [3.8, 4) is 0 Å². The van der Waals surface area contributed by atoms with Crippen LogP contribution in [0.5, 0.6) is 0 Å². The van der Waals surface area contributed by atoms with E-state index in [0.29, 0.717) is 19.4 Å². The van der Waals surface area contributed by atoms with Gasteiger partial charge in [-0.1, -0.05) is 6.42 Å². The van der Waals surface area contributed by atoms with E-state index in [1.807, 2.05) is 20.8 Å². The molecule has 1 heterocycles. The second-order valence-electron chi connectivity index (χ2n) is 6.65. The van der Waals surface area contributed by atoms with Gasteiger partial charge in [-0.2, -0.15) is 0 Å². The van der Waals surface area contributed by atoms with E-state index in [2.05, 4.69) is 0 Å². The molecule has 1 saturated heterocycles. The minimum atomic E-state index is -0.765. The number of amides is 1. The molecule has 0 radical (unpaired) electrons. The van der Waals surface area contributed by atoms with Crippen molar-refractivity contribution in [1.82, 2.24) is 4.90 Å². The Bertz CT molecular complexity index is 381. The maximum Gasteiger partial charge on any atom is 0.410 e. The summed E-state index contributed by atoms with van der Waals surface area (Å²) in [5.41, 5.74) is -1.27. The fraction of sp³-hybridized carbons (Fsp3) is 0.857. The van der Waals surface area contributed by atoms with E-state index in [0.717, 1.165) is 19.3 Å². The van der Waals surface area contributed by atoms with Gasteiger partial charge in [0.1, 0.15) is 5.60 Å². The van der Waals surface area contributed by atoms with Gasteiger partial charge in [-0.15, -0.1) is 0 Å². The molecule has 0 aromatic carbocycles. The Morgan fingerprint density at radius 3 is 2.32 bits per heavy atom. The number of carboxylic acids is 1. The Morgan fingerprint density at radius 2 is 1.89 bits per heavy atom. The summed E-state index contributed by atoms with van der Waals surface area (Å²) in [5, 5.41) is 9.50. The van der Waals surface area contributed by atoms with Crippen LogP contribution in [0.15, 0.2) is 0 Å². The minimum absolute atomic E-state index is 0.200. The molecule has 0 aromatic rings. The summed E-state index contributed by atoms with van der Waals surface area (Å²) in [6.45, 7) is 6.08. The van der Waals surface area contributed by atoms with Gasteiger partial charge >= 0.3 is 12.1 Å². The Hall–Kier alpha value is -1.26. The molecule has 1 N–H and O–H groups in total. The molecule has 1 aliphatic carbocycles. The molecule has 5 nitrogen and oxygen atoms in total. The molecule has 5 heteroatoms. The van der Waals surface area contributed by atoms with Gasteiger partial charge in [0.25, 0.3) is 0 Å². The van der Waals surface area contributed by atoms with Gasteiger partial charge in [0.2, 0.25) is 0 Å². The first-order valence-corrected chi connectivity index (χ1v) is 6.99. The van der Waals surface area contributed by atoms with Gasteiger partial charge in [-0.3, -0.25) is 4.79 Å². The van der Waals surface area contributed by atoms with Crippen LogP contribution in [-0.4, -0.2) is 40.3 Å². The van der Waals surface area contributed by atoms with E-state index in [1.54, 1.807) is 4.90 Å². The minimum Gasteiger partial charge on any atom is -0.481 e. The van der Waals surface area contributed by atoms with Crippen molar-refractivity contribution < 1.29 is 19.4 Å². The van der Waals surface area contributed by atoms with E-state index in [1.165, 1.54) is 0 Å². The summed E-state index contributed by atoms with van der Waals surface area (Å²) in [4.78, 5) is 25.4. The van der Waals surface area contributed by atoms with Crippen LogP contribution in [0.25, 0.3) is 0 Å². The summed E-state index contributed by atoms with van der Waals surface area (Å²) in [6, 6.07) is -0.200. The van der Waals surface area contributed by atoms with Crippen molar-refractivity contribution in [2.45, 2.75) is 64.5 Å². The van der Waals surface area contributed by atoms with Crippen molar-refractivity contribution in [1.29, 1.82) is 0 Å². The van der Waals surface area contributed by atoms with Gasteiger partial charge in [0, 0.05) is 6.54 Å². The highest BCUT2D eigenvalue weighted by atomic mass is 16.6. The average molecular weight is 269 g/mol. The number of ether oxygens (including phenoxy) is 1. The Labute approximate surface area is 113 Å². The zero-order chi connectivity index (χ0) is 14.3. The number of nitrogens with zero attached hydrogens (tertiary/aromatic N) is 1. The van der Waals surface area contributed by atoms with Crippen molar-refractivity contribution in [2.75, 3.05) is 6.54 Å². The quantitative estimate of drug-likeness (QED) is 0.836. The Balaban J connectivity index is 2.13. The summed E-state index contributed by atoms with van der Waals surface area (Å²) in [6.07, 6.45) is 3.54. The van der Waals surface area contributed by atoms with Crippen LogP contribution in [0.1, 0.15) is 52.9 Å². The lowest BCUT2D eigenvalue weighted by Gasteiger charge is -2.45. The number of carbonyl (C=O) groups is 2. The predicted molar refractivity (Wildman–Crippen MR) is 69.9 cm³/mol. The summed E-state index contributed by atoms with van der Waals surface area (Å²) < 4.78 is 5.39. The third kappa shape index (κ3) is 2.55. The van der Waals surface area contributed by atoms with Crippen LogP contribution >= 0.6 is 0 Å². The molecule has 0 spiro atoms. The van der Waals surface area contributed by atoms with Gasteiger partial charge < -0.3 is 14.7 Å². The van der Waals surface area contributed by atoms with Gasteiger partial charge in [0.05, 0.1) is 11.5 Å². The predicted octanol–water partition coefficient (Wildman–Crippen LogP) is 2.64. The van der Waals surface area contributed by atoms with Gasteiger partial charge in [-0.05, 0) is 46.5 Å². The molecule has 2 fully saturated rings. The number of carbonyl (C=O) groups excluding carboxylic acids is 1. The number of hydrogen-bond acceptors (Lipinski definition) is 3. The fourth-order valence-electron chi connectivity index (χ4n) is 3.13. The highest BCUT2D eigenvalue weighted by Gasteiger charge is 2.55. The molecule has 1 atom stereocenters. The van der Waals surface area contributed by atoms with Gasteiger partial charge in [0.15, 0.2) is 0 Å². The van der Waals surface area contributed by atoms with Crippen LogP contribution in [0.4, 0.5) is 4.79 Å². The molecule has 1 aliphatic heterocycles. The highest BCUT2D eigenvalue weighted by Crippen LogP contribution is 2.49. The highest BCUT2D eigenvalue weighted by molar-refractivity contribution is 5.78. The molecule has 0 bridgehead atoms. The molecule has 2 aliphatic rings. The molecule has 1 unspecified atom stereocenters. The van der Waals surface area contributed by atoms with E-state index in [4.69, 9.17) is 4.74 Å². The smallest absolute Gasteiger partial charge is 0.410 e. The SMILES string of the molecule is CC(C)(C)OC(=O)N1CCCC1C1(C(=O)O)CCC1. The summed E-state index contributed by atoms with van der Waals surface area (Å²) >= 11 is 0. The number of aliphatic carboxylic acids is 1. The number of likely N-dealkylation sites (tertiary alicyclic amines) is 1. The van der Waals surface area contributed by atoms with Crippen LogP contribution < -0.4 is 0 Å². The van der Waals surface area contributed by atoms with Crippen molar-refractivity contribution in [2.24, 2.45) is 5.41 Å². The van der Waals surface area contributed by atoms with Crippen molar-refractivity contribution in [3.05, 3.63) is 0 Å². The standard InChI is InChI=1S/C14H23NO4/c1-13(2,3)19-12(18)15-9-4-6-10(15)14(11(16)17)7-5-8-14/h10H,4-9H2,1-3H3,(H,16,17). The summed E-state index contributed by atoms with van der Waals surface area (Å²) in [5.74, 6) is -0.765. The van der Waals surface area contributed by atoms with Crippen LogP contribution in [0.2, 0.25) is 0 Å². The molecule has 1 amide bonds. The first kappa shape index (κ1) is 14.2. The maximum absolute atomic E-state index is 12.2. The van der Waals surface area contributed by atoms with Gasteiger partial charge in [-0.25, -0.2) is 4.79 Å². The zero-order valence-electron chi connectivity index (χ0n) is 11.9. The van der Waals surface area contributed by atoms with Crippen LogP contribution in [0, 0.1) is 5.41 Å². The third-order valence-corrected chi connectivity index (χ3v) is 4.19. The van der Waals surface area contributed by atoms with E-state index >= 15 is 0 Å². The van der Waals surface area contributed by atoms with Crippen molar-refractivity contribution >= 4 is 12.1 Å². The largest absolute Gasteiger partial charge is 0.481 e. The van der Waals surface area contributed by atoms with E-state index in [9.17, 15) is 14.7 Å². The molecular weight excluding hydrogens is 246 g/mol. The van der Waals surface area contributed by atoms with Crippen LogP contribution in [0.3, 0.4) is 0 Å². The van der Waals surface area contributed by atoms with E-state index in [-0.39, 0.29) is 12.1 Å². The second-order valence-corrected chi connectivity index (χ2v) is 6.65. The Morgan fingerprint density at radius 1 is 1.26 bits per heavy atom. The monoisotopic (exact) mass is 269 g/mol. The molecule has 108 valence electrons. The lowest BCUT2D eigenvalue weighted by Crippen LogP contribution is -2.55. The Kier molecular flexibility index (Phi) is 3.49. The first-order chi connectivity index (χ1) is 8.76. The zero-order valence-corrected chi connectivity index (χ0v) is 11.9. The second kappa shape index (κ2) is 4.69. The third-order valence-electron chi connectivity index (χ3n) is 4.19. The molecular formula is C14H23NO4. The number of rotatable bonds is 2. The molecule has 0 aromatic heterocycles. The number of hydrogen-bond donors (Lipinski definition) is 1. The lowest BCUT2D eigenvalue weighted by atomic mass is 9.63. The fourth-order valence-corrected chi connectivity index (χ4v) is 3.13. The first-order valence-electron chi connectivity index (χ1n) is 6.99. The number of carboxylic acid groups (broad SMARTS) is 1. The average Bonchev–Trinajstić information content (AvgIpc) is 2.61. The van der Waals surface area contributed by atoms with E-state index < -0.39 is 17.0 Å². The molecule has 1 saturated carbocycles. The van der Waals surface area contributed by atoms with Crippen molar-refractivity contribution in [3.63, 3.8) is 0 Å². The topological polar surface area (TPSA) is 66.8 Å². The normalized spacial score (nSPS) is 25.8. The van der Waals surface area contributed by atoms with Crippen LogP contribution in [-0.2, 0) is 9.53 Å². The lowest BCUT2D eigenvalue weighted by molar-refractivity contribution is -0.159. The maximum atomic E-state index is 12.2.